The van der Waals surface area contributed by atoms with E-state index in [9.17, 15) is 13.2 Å². The summed E-state index contributed by atoms with van der Waals surface area (Å²) in [6, 6.07) is 6.10. The molecule has 0 unspecified atom stereocenters. The normalized spacial score (nSPS) is 11.3. The first kappa shape index (κ1) is 16.1. The van der Waals surface area contributed by atoms with Crippen molar-refractivity contribution in [1.82, 2.24) is 4.98 Å². The number of hydrogen-bond acceptors (Lipinski definition) is 3. The van der Waals surface area contributed by atoms with Crippen LogP contribution in [0, 0.1) is 6.92 Å². The molecule has 0 saturated carbocycles. The number of rotatable bonds is 3. The summed E-state index contributed by atoms with van der Waals surface area (Å²) in [5.74, 6) is 0.0661. The van der Waals surface area contributed by atoms with Crippen molar-refractivity contribution in [3.05, 3.63) is 45.0 Å². The lowest BCUT2D eigenvalue weighted by molar-refractivity contribution is -0.274. The van der Waals surface area contributed by atoms with Gasteiger partial charge in [0.05, 0.1) is 10.2 Å². The Bertz CT molecular complexity index is 662. The molecule has 0 atom stereocenters. The first-order valence-corrected chi connectivity index (χ1v) is 7.28. The van der Waals surface area contributed by atoms with E-state index in [1.807, 2.05) is 6.92 Å². The molecule has 0 aliphatic heterocycles. The van der Waals surface area contributed by atoms with Crippen LogP contribution in [0.25, 0.3) is 0 Å². The summed E-state index contributed by atoms with van der Waals surface area (Å²) in [6.45, 7) is 1.85. The summed E-state index contributed by atoms with van der Waals surface area (Å²) < 4.78 is 42.5. The Labute approximate surface area is 135 Å². The minimum atomic E-state index is -4.77. The van der Waals surface area contributed by atoms with E-state index in [0.717, 1.165) is 5.56 Å². The number of benzene rings is 1. The minimum absolute atomic E-state index is 0.161. The Morgan fingerprint density at radius 2 is 1.90 bits per heavy atom. The summed E-state index contributed by atoms with van der Waals surface area (Å²) in [7, 11) is 0. The summed E-state index contributed by atoms with van der Waals surface area (Å²) in [5.41, 5.74) is 1.07. The molecule has 1 N–H and O–H groups in total. The van der Waals surface area contributed by atoms with Gasteiger partial charge < -0.3 is 10.1 Å². The fraction of sp³-hybridized carbons (Fsp3) is 0.154. The van der Waals surface area contributed by atoms with Gasteiger partial charge in [-0.2, -0.15) is 0 Å². The van der Waals surface area contributed by atoms with Gasteiger partial charge in [-0.1, -0.05) is 15.9 Å². The number of pyridine rings is 1. The second-order valence-corrected chi connectivity index (χ2v) is 5.81. The van der Waals surface area contributed by atoms with Gasteiger partial charge in [0, 0.05) is 10.7 Å². The van der Waals surface area contributed by atoms with Gasteiger partial charge in [0.2, 0.25) is 0 Å². The van der Waals surface area contributed by atoms with E-state index < -0.39 is 6.36 Å². The van der Waals surface area contributed by atoms with Crippen LogP contribution in [0.3, 0.4) is 0 Å². The van der Waals surface area contributed by atoms with E-state index >= 15 is 0 Å². The fourth-order valence-electron chi connectivity index (χ4n) is 1.56. The van der Waals surface area contributed by atoms with Crippen LogP contribution in [0.2, 0.25) is 0 Å². The molecule has 1 aromatic carbocycles. The number of aryl methyl sites for hydroxylation is 1. The molecule has 0 radical (unpaired) electrons. The number of hydrogen-bond donors (Lipinski definition) is 1. The summed E-state index contributed by atoms with van der Waals surface area (Å²) >= 11 is 6.46. The molecule has 21 heavy (non-hydrogen) atoms. The SMILES string of the molecule is Cc1ccnc(Nc2ccc(Br)cc2OC(F)(F)F)c1Br. The Hall–Kier alpha value is -1.28. The molecule has 0 fully saturated rings. The van der Waals surface area contributed by atoms with Gasteiger partial charge >= 0.3 is 6.36 Å². The fourth-order valence-corrected chi connectivity index (χ4v) is 2.24. The number of ether oxygens (including phenoxy) is 1. The second kappa shape index (κ2) is 6.23. The zero-order chi connectivity index (χ0) is 15.6. The number of anilines is 2. The highest BCUT2D eigenvalue weighted by Gasteiger charge is 2.32. The molecule has 0 spiro atoms. The second-order valence-electron chi connectivity index (χ2n) is 4.10. The molecule has 1 aromatic heterocycles. The van der Waals surface area contributed by atoms with Gasteiger partial charge in [0.25, 0.3) is 0 Å². The molecule has 0 aliphatic rings. The molecule has 0 bridgehead atoms. The van der Waals surface area contributed by atoms with Gasteiger partial charge in [0.15, 0.2) is 5.75 Å². The molecule has 1 heterocycles. The molecule has 2 rings (SSSR count). The lowest BCUT2D eigenvalue weighted by Crippen LogP contribution is -2.18. The van der Waals surface area contributed by atoms with Crippen LogP contribution in [0.1, 0.15) is 5.56 Å². The van der Waals surface area contributed by atoms with Crippen LogP contribution in [-0.2, 0) is 0 Å². The lowest BCUT2D eigenvalue weighted by atomic mass is 10.2. The number of nitrogens with one attached hydrogen (secondary N) is 1. The molecule has 8 heteroatoms. The van der Waals surface area contributed by atoms with Crippen molar-refractivity contribution >= 4 is 43.4 Å². The third-order valence-corrected chi connectivity index (χ3v) is 4.00. The molecule has 3 nitrogen and oxygen atoms in total. The van der Waals surface area contributed by atoms with E-state index in [2.05, 4.69) is 46.9 Å². The predicted molar refractivity (Wildman–Crippen MR) is 80.8 cm³/mol. The number of aromatic nitrogens is 1. The first-order chi connectivity index (χ1) is 9.76. The molecule has 112 valence electrons. The van der Waals surface area contributed by atoms with Crippen LogP contribution < -0.4 is 10.1 Å². The maximum absolute atomic E-state index is 12.4. The lowest BCUT2D eigenvalue weighted by Gasteiger charge is -2.15. The van der Waals surface area contributed by atoms with Gasteiger partial charge in [-0.05, 0) is 52.7 Å². The van der Waals surface area contributed by atoms with Gasteiger partial charge in [0.1, 0.15) is 5.82 Å². The number of alkyl halides is 3. The standard InChI is InChI=1S/C13H9Br2F3N2O/c1-7-4-5-19-12(11(7)15)20-9-3-2-8(14)6-10(9)21-13(16,17)18/h2-6H,1H3,(H,19,20). The van der Waals surface area contributed by atoms with Crippen LogP contribution in [0.5, 0.6) is 5.75 Å². The van der Waals surface area contributed by atoms with Crippen LogP contribution >= 0.6 is 31.9 Å². The molecule has 0 saturated heterocycles. The van der Waals surface area contributed by atoms with E-state index in [1.165, 1.54) is 12.1 Å². The van der Waals surface area contributed by atoms with Crippen LogP contribution in [-0.4, -0.2) is 11.3 Å². The third kappa shape index (κ3) is 4.34. The Morgan fingerprint density at radius 1 is 1.19 bits per heavy atom. The Morgan fingerprint density at radius 3 is 2.57 bits per heavy atom. The van der Waals surface area contributed by atoms with Crippen molar-refractivity contribution in [1.29, 1.82) is 0 Å². The number of halogens is 5. The molecule has 0 amide bonds. The van der Waals surface area contributed by atoms with E-state index in [1.54, 1.807) is 18.3 Å². The molecule has 0 aliphatic carbocycles. The third-order valence-electron chi connectivity index (χ3n) is 2.50. The van der Waals surface area contributed by atoms with Crippen LogP contribution in [0.4, 0.5) is 24.7 Å². The average molecular weight is 426 g/mol. The number of nitrogens with zero attached hydrogens (tertiary/aromatic N) is 1. The van der Waals surface area contributed by atoms with Crippen LogP contribution in [0.15, 0.2) is 39.4 Å². The minimum Gasteiger partial charge on any atom is -0.404 e. The Balaban J connectivity index is 2.37. The van der Waals surface area contributed by atoms with Crippen molar-refractivity contribution in [3.8, 4) is 5.75 Å². The quantitative estimate of drug-likeness (QED) is 0.699. The average Bonchev–Trinajstić information content (AvgIpc) is 2.36. The smallest absolute Gasteiger partial charge is 0.404 e. The van der Waals surface area contributed by atoms with Crippen molar-refractivity contribution in [2.45, 2.75) is 13.3 Å². The van der Waals surface area contributed by atoms with E-state index in [-0.39, 0.29) is 11.4 Å². The maximum atomic E-state index is 12.4. The van der Waals surface area contributed by atoms with E-state index in [0.29, 0.717) is 14.8 Å². The molecular weight excluding hydrogens is 417 g/mol. The summed E-state index contributed by atoms with van der Waals surface area (Å²) in [5, 5.41) is 2.83. The van der Waals surface area contributed by atoms with E-state index in [4.69, 9.17) is 0 Å². The summed E-state index contributed by atoms with van der Waals surface area (Å²) in [6.07, 6.45) is -3.21. The summed E-state index contributed by atoms with van der Waals surface area (Å²) in [4.78, 5) is 4.09. The molecule has 2 aromatic rings. The van der Waals surface area contributed by atoms with Gasteiger partial charge in [-0.15, -0.1) is 13.2 Å². The zero-order valence-corrected chi connectivity index (χ0v) is 13.8. The van der Waals surface area contributed by atoms with Crippen molar-refractivity contribution in [2.24, 2.45) is 0 Å². The highest BCUT2D eigenvalue weighted by Crippen LogP contribution is 2.36. The topological polar surface area (TPSA) is 34.2 Å². The monoisotopic (exact) mass is 424 g/mol. The first-order valence-electron chi connectivity index (χ1n) is 5.70. The van der Waals surface area contributed by atoms with Gasteiger partial charge in [-0.25, -0.2) is 4.98 Å². The predicted octanol–water partition coefficient (Wildman–Crippen LogP) is 5.56. The van der Waals surface area contributed by atoms with Crippen molar-refractivity contribution in [3.63, 3.8) is 0 Å². The Kier molecular flexibility index (Phi) is 4.77. The zero-order valence-electron chi connectivity index (χ0n) is 10.6. The largest absolute Gasteiger partial charge is 0.573 e. The highest BCUT2D eigenvalue weighted by atomic mass is 79.9. The van der Waals surface area contributed by atoms with Crippen molar-refractivity contribution < 1.29 is 17.9 Å². The van der Waals surface area contributed by atoms with Crippen molar-refractivity contribution in [2.75, 3.05) is 5.32 Å². The molecular formula is C13H9Br2F3N2O. The maximum Gasteiger partial charge on any atom is 0.573 e. The highest BCUT2D eigenvalue weighted by molar-refractivity contribution is 9.11. The van der Waals surface area contributed by atoms with Gasteiger partial charge in [-0.3, -0.25) is 0 Å².